The van der Waals surface area contributed by atoms with E-state index in [2.05, 4.69) is 6.08 Å². The lowest BCUT2D eigenvalue weighted by Gasteiger charge is -2.34. The first-order valence-electron chi connectivity index (χ1n) is 14.0. The predicted octanol–water partition coefficient (Wildman–Crippen LogP) is 3.61. The molecule has 2 N–H and O–H groups in total. The van der Waals surface area contributed by atoms with Gasteiger partial charge in [0.2, 0.25) is 0 Å². The summed E-state index contributed by atoms with van der Waals surface area (Å²) in [5, 5.41) is 21.0. The van der Waals surface area contributed by atoms with Crippen LogP contribution in [-0.4, -0.2) is 59.1 Å². The Morgan fingerprint density at radius 1 is 0.667 bits per heavy atom. The van der Waals surface area contributed by atoms with E-state index in [4.69, 9.17) is 14.2 Å². The zero-order valence-corrected chi connectivity index (χ0v) is 21.2. The Labute approximate surface area is 213 Å². The van der Waals surface area contributed by atoms with Crippen LogP contribution < -0.4 is 0 Å². The molecule has 0 saturated heterocycles. The molecular formula is C28H42O8. The second-order valence-corrected chi connectivity index (χ2v) is 11.2. The number of ether oxygens (including phenoxy) is 3. The highest BCUT2D eigenvalue weighted by Gasteiger charge is 2.38. The first-order valence-corrected chi connectivity index (χ1v) is 14.0. The topological polar surface area (TPSA) is 119 Å². The van der Waals surface area contributed by atoms with Crippen LogP contribution >= 0.6 is 0 Å². The van der Waals surface area contributed by atoms with Crippen molar-refractivity contribution in [2.75, 3.05) is 6.61 Å². The fraction of sp³-hybridized carbons (Fsp3) is 0.821. The first kappa shape index (κ1) is 27.1. The van der Waals surface area contributed by atoms with Crippen molar-refractivity contribution >= 4 is 17.9 Å². The molecule has 0 heterocycles. The SMILES string of the molecule is O=C(OCC1CCC(OC(=O)C2CCCCC2)C(O)C1)C1CCC(OC(=O)C2CC=CCC2)C(O)C1. The number of hydrogen-bond acceptors (Lipinski definition) is 8. The summed E-state index contributed by atoms with van der Waals surface area (Å²) in [6.45, 7) is 0.208. The van der Waals surface area contributed by atoms with Gasteiger partial charge in [0.05, 0.1) is 36.6 Å². The van der Waals surface area contributed by atoms with E-state index in [1.807, 2.05) is 6.08 Å². The highest BCUT2D eigenvalue weighted by atomic mass is 16.6. The Morgan fingerprint density at radius 3 is 1.97 bits per heavy atom. The van der Waals surface area contributed by atoms with E-state index < -0.39 is 30.3 Å². The molecule has 3 fully saturated rings. The second-order valence-electron chi connectivity index (χ2n) is 11.2. The summed E-state index contributed by atoms with van der Waals surface area (Å²) in [5.41, 5.74) is 0. The van der Waals surface area contributed by atoms with Gasteiger partial charge in [-0.25, -0.2) is 0 Å². The zero-order valence-electron chi connectivity index (χ0n) is 21.2. The molecule has 0 spiro atoms. The minimum Gasteiger partial charge on any atom is -0.465 e. The molecule has 36 heavy (non-hydrogen) atoms. The molecular weight excluding hydrogens is 464 g/mol. The van der Waals surface area contributed by atoms with Gasteiger partial charge in [-0.05, 0) is 76.5 Å². The van der Waals surface area contributed by atoms with Crippen LogP contribution in [0.5, 0.6) is 0 Å². The third kappa shape index (κ3) is 7.31. The Balaban J connectivity index is 1.14. The Bertz CT molecular complexity index is 788. The smallest absolute Gasteiger partial charge is 0.309 e. The molecule has 3 saturated carbocycles. The fourth-order valence-corrected chi connectivity index (χ4v) is 6.12. The number of esters is 3. The van der Waals surface area contributed by atoms with Crippen LogP contribution in [0.25, 0.3) is 0 Å². The first-order chi connectivity index (χ1) is 17.4. The highest BCUT2D eigenvalue weighted by Crippen LogP contribution is 2.32. The number of rotatable bonds is 7. The molecule has 7 unspecified atom stereocenters. The molecule has 0 radical (unpaired) electrons. The van der Waals surface area contributed by atoms with Gasteiger partial charge in [-0.2, -0.15) is 0 Å². The van der Waals surface area contributed by atoms with Crippen molar-refractivity contribution < 1.29 is 38.8 Å². The van der Waals surface area contributed by atoms with Crippen LogP contribution in [0.4, 0.5) is 0 Å². The molecule has 0 bridgehead atoms. The van der Waals surface area contributed by atoms with Crippen molar-refractivity contribution in [3.63, 3.8) is 0 Å². The van der Waals surface area contributed by atoms with E-state index in [-0.39, 0.29) is 48.7 Å². The molecule has 0 amide bonds. The van der Waals surface area contributed by atoms with Crippen LogP contribution in [0.2, 0.25) is 0 Å². The molecule has 0 aromatic heterocycles. The summed E-state index contributed by atoms with van der Waals surface area (Å²) in [6, 6.07) is 0. The Hall–Kier alpha value is -1.93. The zero-order chi connectivity index (χ0) is 25.5. The quantitative estimate of drug-likeness (QED) is 0.305. The molecule has 4 rings (SSSR count). The van der Waals surface area contributed by atoms with Crippen molar-refractivity contribution in [2.45, 2.75) is 114 Å². The van der Waals surface area contributed by atoms with E-state index in [1.165, 1.54) is 6.42 Å². The minimum absolute atomic E-state index is 0.0142. The van der Waals surface area contributed by atoms with Gasteiger partial charge >= 0.3 is 17.9 Å². The van der Waals surface area contributed by atoms with Gasteiger partial charge in [0.1, 0.15) is 12.2 Å². The molecule has 4 aliphatic rings. The maximum atomic E-state index is 12.6. The average molecular weight is 507 g/mol. The maximum absolute atomic E-state index is 12.6. The Kier molecular flexibility index (Phi) is 9.82. The Morgan fingerprint density at radius 2 is 1.33 bits per heavy atom. The van der Waals surface area contributed by atoms with Gasteiger partial charge < -0.3 is 24.4 Å². The van der Waals surface area contributed by atoms with E-state index in [9.17, 15) is 24.6 Å². The van der Waals surface area contributed by atoms with Gasteiger partial charge in [-0.3, -0.25) is 14.4 Å². The molecule has 0 aromatic rings. The number of aliphatic hydroxyl groups is 2. The van der Waals surface area contributed by atoms with Crippen molar-refractivity contribution in [3.8, 4) is 0 Å². The molecule has 202 valence electrons. The monoisotopic (exact) mass is 506 g/mol. The summed E-state index contributed by atoms with van der Waals surface area (Å²) < 4.78 is 16.8. The van der Waals surface area contributed by atoms with E-state index in [0.717, 1.165) is 38.5 Å². The molecule has 8 heteroatoms. The minimum atomic E-state index is -0.879. The lowest BCUT2D eigenvalue weighted by Crippen LogP contribution is -2.42. The van der Waals surface area contributed by atoms with Crippen LogP contribution in [0, 0.1) is 23.7 Å². The summed E-state index contributed by atoms with van der Waals surface area (Å²) >= 11 is 0. The third-order valence-corrected chi connectivity index (χ3v) is 8.49. The standard InChI is InChI=1S/C28H42O8/c29-22-15-18(11-13-24(22)35-27(32)19-7-3-1-4-8-19)17-34-26(31)21-12-14-25(23(30)16-21)36-28(33)20-9-5-2-6-10-20/h2,5,18-25,29-30H,1,3-4,6-17H2. The molecule has 4 aliphatic carbocycles. The lowest BCUT2D eigenvalue weighted by atomic mass is 9.84. The van der Waals surface area contributed by atoms with Gasteiger partial charge in [-0.15, -0.1) is 0 Å². The molecule has 8 nitrogen and oxygen atoms in total. The number of allylic oxidation sites excluding steroid dienone is 2. The summed E-state index contributed by atoms with van der Waals surface area (Å²) in [6.07, 6.45) is 11.6. The normalized spacial score (nSPS) is 35.6. The highest BCUT2D eigenvalue weighted by molar-refractivity contribution is 5.74. The molecule has 0 aromatic carbocycles. The van der Waals surface area contributed by atoms with Gasteiger partial charge in [0.15, 0.2) is 0 Å². The van der Waals surface area contributed by atoms with E-state index in [1.54, 1.807) is 0 Å². The van der Waals surface area contributed by atoms with Gasteiger partial charge in [0, 0.05) is 0 Å². The average Bonchev–Trinajstić information content (AvgIpc) is 2.90. The van der Waals surface area contributed by atoms with Crippen molar-refractivity contribution in [2.24, 2.45) is 23.7 Å². The number of hydrogen-bond donors (Lipinski definition) is 2. The predicted molar refractivity (Wildman–Crippen MR) is 130 cm³/mol. The fourth-order valence-electron chi connectivity index (χ4n) is 6.12. The van der Waals surface area contributed by atoms with Crippen LogP contribution in [0.3, 0.4) is 0 Å². The maximum Gasteiger partial charge on any atom is 0.309 e. The van der Waals surface area contributed by atoms with Crippen LogP contribution in [0.15, 0.2) is 12.2 Å². The summed E-state index contributed by atoms with van der Waals surface area (Å²) in [5.74, 6) is -1.39. The number of carbonyl (C=O) groups is 3. The van der Waals surface area contributed by atoms with Crippen molar-refractivity contribution in [1.82, 2.24) is 0 Å². The van der Waals surface area contributed by atoms with Crippen molar-refractivity contribution in [1.29, 1.82) is 0 Å². The summed E-state index contributed by atoms with van der Waals surface area (Å²) in [4.78, 5) is 37.5. The molecule has 0 aliphatic heterocycles. The van der Waals surface area contributed by atoms with Crippen LogP contribution in [-0.2, 0) is 28.6 Å². The van der Waals surface area contributed by atoms with Gasteiger partial charge in [-0.1, -0.05) is 31.4 Å². The van der Waals surface area contributed by atoms with E-state index in [0.29, 0.717) is 38.5 Å². The largest absolute Gasteiger partial charge is 0.465 e. The van der Waals surface area contributed by atoms with Crippen molar-refractivity contribution in [3.05, 3.63) is 12.2 Å². The second kappa shape index (κ2) is 13.0. The van der Waals surface area contributed by atoms with Gasteiger partial charge in [0.25, 0.3) is 0 Å². The lowest BCUT2D eigenvalue weighted by molar-refractivity contribution is -0.168. The number of carbonyl (C=O) groups excluding carboxylic acids is 3. The van der Waals surface area contributed by atoms with E-state index >= 15 is 0 Å². The molecule has 7 atom stereocenters. The summed E-state index contributed by atoms with van der Waals surface area (Å²) in [7, 11) is 0. The third-order valence-electron chi connectivity index (χ3n) is 8.49. The van der Waals surface area contributed by atoms with Crippen LogP contribution in [0.1, 0.15) is 89.9 Å². The number of aliphatic hydroxyl groups excluding tert-OH is 2.